The minimum Gasteiger partial charge on any atom is -0.493 e. The molecule has 4 nitrogen and oxygen atoms in total. The Bertz CT molecular complexity index is 610. The summed E-state index contributed by atoms with van der Waals surface area (Å²) < 4.78 is 20.7. The van der Waals surface area contributed by atoms with E-state index in [1.807, 2.05) is 37.8 Å². The molecule has 0 bridgehead atoms. The Morgan fingerprint density at radius 2 is 2.18 bits per heavy atom. The fraction of sp³-hybridized carbons (Fsp3) is 0.588. The number of aliphatic carboxylic acids is 1. The summed E-state index contributed by atoms with van der Waals surface area (Å²) in [6.45, 7) is 6.91. The van der Waals surface area contributed by atoms with E-state index >= 15 is 4.39 Å². The molecule has 2 atom stereocenters. The lowest BCUT2D eigenvalue weighted by Gasteiger charge is -2.31. The van der Waals surface area contributed by atoms with Crippen LogP contribution in [0.2, 0.25) is 0 Å². The first-order valence-electron chi connectivity index (χ1n) is 7.65. The van der Waals surface area contributed by atoms with E-state index in [1.165, 1.54) is 0 Å². The smallest absolute Gasteiger partial charge is 0.343 e. The van der Waals surface area contributed by atoms with Gasteiger partial charge in [-0.25, -0.2) is 9.18 Å². The maximum Gasteiger partial charge on any atom is 0.343 e. The molecule has 0 aliphatic carbocycles. The number of benzene rings is 1. The van der Waals surface area contributed by atoms with Crippen LogP contribution in [0.5, 0.6) is 5.75 Å². The molecule has 2 heterocycles. The average Bonchev–Trinajstić information content (AvgIpc) is 3.01. The first kappa shape index (κ1) is 15.3. The van der Waals surface area contributed by atoms with Crippen LogP contribution in [0, 0.1) is 0 Å². The van der Waals surface area contributed by atoms with Gasteiger partial charge in [-0.15, -0.1) is 0 Å². The van der Waals surface area contributed by atoms with Crippen molar-refractivity contribution >= 4 is 5.97 Å². The van der Waals surface area contributed by atoms with E-state index in [1.54, 1.807) is 6.07 Å². The van der Waals surface area contributed by atoms with Gasteiger partial charge < -0.3 is 9.84 Å². The molecule has 1 aromatic carbocycles. The Labute approximate surface area is 129 Å². The number of carboxylic acids is 1. The third-order valence-corrected chi connectivity index (χ3v) is 4.80. The van der Waals surface area contributed by atoms with Gasteiger partial charge in [-0.1, -0.05) is 12.1 Å². The van der Waals surface area contributed by atoms with Gasteiger partial charge in [0.05, 0.1) is 6.61 Å². The maximum atomic E-state index is 15.2. The lowest BCUT2D eigenvalue weighted by Crippen LogP contribution is -2.44. The second-order valence-corrected chi connectivity index (χ2v) is 7.24. The van der Waals surface area contributed by atoms with Gasteiger partial charge in [0, 0.05) is 31.0 Å². The van der Waals surface area contributed by atoms with Gasteiger partial charge in [-0.05, 0) is 38.0 Å². The number of carboxylic acid groups (broad SMARTS) is 1. The van der Waals surface area contributed by atoms with E-state index in [0.29, 0.717) is 13.2 Å². The van der Waals surface area contributed by atoms with E-state index in [9.17, 15) is 9.90 Å². The van der Waals surface area contributed by atoms with Gasteiger partial charge in [0.25, 0.3) is 0 Å². The third kappa shape index (κ3) is 2.37. The Kier molecular flexibility index (Phi) is 3.44. The van der Waals surface area contributed by atoms with Crippen molar-refractivity contribution in [2.75, 3.05) is 19.7 Å². The van der Waals surface area contributed by atoms with Crippen molar-refractivity contribution in [2.24, 2.45) is 0 Å². The minimum atomic E-state index is -2.25. The number of ether oxygens (including phenoxy) is 1. The van der Waals surface area contributed by atoms with Crippen molar-refractivity contribution in [3.63, 3.8) is 0 Å². The quantitative estimate of drug-likeness (QED) is 0.912. The van der Waals surface area contributed by atoms with Crippen LogP contribution >= 0.6 is 0 Å². The fourth-order valence-corrected chi connectivity index (χ4v) is 3.34. The van der Waals surface area contributed by atoms with E-state index in [0.717, 1.165) is 23.3 Å². The summed E-state index contributed by atoms with van der Waals surface area (Å²) in [5.74, 6) is -1.20. The number of rotatable bonds is 2. The van der Waals surface area contributed by atoms with Crippen LogP contribution in [0.3, 0.4) is 0 Å². The van der Waals surface area contributed by atoms with Gasteiger partial charge in [-0.2, -0.15) is 0 Å². The Balaban J connectivity index is 1.98. The van der Waals surface area contributed by atoms with Crippen LogP contribution in [-0.2, 0) is 11.2 Å². The molecule has 0 unspecified atom stereocenters. The summed E-state index contributed by atoms with van der Waals surface area (Å²) >= 11 is 0. The molecule has 1 fully saturated rings. The monoisotopic (exact) mass is 307 g/mol. The molecule has 0 radical (unpaired) electrons. The van der Waals surface area contributed by atoms with Crippen LogP contribution in [0.1, 0.15) is 37.8 Å². The number of hydrogen-bond acceptors (Lipinski definition) is 3. The van der Waals surface area contributed by atoms with Crippen molar-refractivity contribution in [3.05, 3.63) is 29.3 Å². The van der Waals surface area contributed by atoms with E-state index in [-0.39, 0.29) is 12.1 Å². The molecule has 2 aliphatic heterocycles. The molecule has 1 N–H and O–H groups in total. The second kappa shape index (κ2) is 4.95. The number of likely N-dealkylation sites (tertiary alicyclic amines) is 1. The zero-order valence-corrected chi connectivity index (χ0v) is 13.2. The van der Waals surface area contributed by atoms with Crippen LogP contribution in [0.15, 0.2) is 18.2 Å². The SMILES string of the molecule is CC(C)(C)N1C[C@@H](c2ccc3c(c2)CCO3)[C@](F)(C(=O)O)C1. The highest BCUT2D eigenvalue weighted by atomic mass is 19.1. The summed E-state index contributed by atoms with van der Waals surface area (Å²) in [6.07, 6.45) is 0.797. The summed E-state index contributed by atoms with van der Waals surface area (Å²) in [4.78, 5) is 13.5. The predicted octanol–water partition coefficient (Wildman–Crippen LogP) is 2.61. The molecule has 1 saturated heterocycles. The highest BCUT2D eigenvalue weighted by Crippen LogP contribution is 2.43. The number of carbonyl (C=O) groups is 1. The van der Waals surface area contributed by atoms with Gasteiger partial charge in [0.15, 0.2) is 0 Å². The van der Waals surface area contributed by atoms with E-state index in [2.05, 4.69) is 0 Å². The molecule has 22 heavy (non-hydrogen) atoms. The molecule has 0 saturated carbocycles. The number of nitrogens with zero attached hydrogens (tertiary/aromatic N) is 1. The lowest BCUT2D eigenvalue weighted by atomic mass is 9.85. The zero-order valence-electron chi connectivity index (χ0n) is 13.2. The number of halogens is 1. The maximum absolute atomic E-state index is 15.2. The molecule has 2 aliphatic rings. The van der Waals surface area contributed by atoms with Crippen LogP contribution in [0.4, 0.5) is 4.39 Å². The first-order chi connectivity index (χ1) is 10.2. The van der Waals surface area contributed by atoms with E-state index in [4.69, 9.17) is 4.74 Å². The van der Waals surface area contributed by atoms with Crippen molar-refractivity contribution in [1.29, 1.82) is 0 Å². The highest BCUT2D eigenvalue weighted by Gasteiger charge is 2.55. The Morgan fingerprint density at radius 1 is 1.45 bits per heavy atom. The number of fused-ring (bicyclic) bond motifs is 1. The minimum absolute atomic E-state index is 0.0793. The zero-order chi connectivity index (χ0) is 16.1. The third-order valence-electron chi connectivity index (χ3n) is 4.80. The van der Waals surface area contributed by atoms with Crippen molar-refractivity contribution < 1.29 is 19.0 Å². The fourth-order valence-electron chi connectivity index (χ4n) is 3.34. The summed E-state index contributed by atoms with van der Waals surface area (Å²) in [5.41, 5.74) is -0.720. The topological polar surface area (TPSA) is 49.8 Å². The summed E-state index contributed by atoms with van der Waals surface area (Å²) in [7, 11) is 0. The Hall–Kier alpha value is -1.62. The van der Waals surface area contributed by atoms with Gasteiger partial charge in [-0.3, -0.25) is 4.90 Å². The molecular weight excluding hydrogens is 285 g/mol. The average molecular weight is 307 g/mol. The van der Waals surface area contributed by atoms with Crippen molar-refractivity contribution in [1.82, 2.24) is 4.90 Å². The van der Waals surface area contributed by atoms with Gasteiger partial charge in [0.1, 0.15) is 5.75 Å². The van der Waals surface area contributed by atoms with Gasteiger partial charge in [0.2, 0.25) is 5.67 Å². The van der Waals surface area contributed by atoms with Crippen molar-refractivity contribution in [2.45, 2.75) is 44.3 Å². The summed E-state index contributed by atoms with van der Waals surface area (Å²) in [5, 5.41) is 9.45. The Morgan fingerprint density at radius 3 is 2.82 bits per heavy atom. The van der Waals surface area contributed by atoms with Gasteiger partial charge >= 0.3 is 5.97 Å². The lowest BCUT2D eigenvalue weighted by molar-refractivity contribution is -0.151. The predicted molar refractivity (Wildman–Crippen MR) is 81.2 cm³/mol. The molecule has 0 amide bonds. The van der Waals surface area contributed by atoms with Crippen LogP contribution < -0.4 is 4.74 Å². The molecule has 0 aromatic heterocycles. The molecule has 0 spiro atoms. The number of alkyl halides is 1. The normalized spacial score (nSPS) is 28.5. The second-order valence-electron chi connectivity index (χ2n) is 7.24. The van der Waals surface area contributed by atoms with Crippen LogP contribution in [-0.4, -0.2) is 46.9 Å². The van der Waals surface area contributed by atoms with Crippen molar-refractivity contribution in [3.8, 4) is 5.75 Å². The molecule has 5 heteroatoms. The van der Waals surface area contributed by atoms with Crippen LogP contribution in [0.25, 0.3) is 0 Å². The molecule has 3 rings (SSSR count). The van der Waals surface area contributed by atoms with E-state index < -0.39 is 17.6 Å². The number of hydrogen-bond donors (Lipinski definition) is 1. The first-order valence-corrected chi connectivity index (χ1v) is 7.65. The summed E-state index contributed by atoms with van der Waals surface area (Å²) in [6, 6.07) is 5.55. The molecule has 120 valence electrons. The standard InChI is InChI=1S/C17H22FNO3/c1-16(2,3)19-9-13(17(18,10-19)15(20)21)11-4-5-14-12(8-11)6-7-22-14/h4-5,8,13H,6-7,9-10H2,1-3H3,(H,20,21)/t13-,17-/m0/s1. The highest BCUT2D eigenvalue weighted by molar-refractivity contribution is 5.80. The molecule has 1 aromatic rings. The molecular formula is C17H22FNO3. The largest absolute Gasteiger partial charge is 0.493 e.